The van der Waals surface area contributed by atoms with Gasteiger partial charge in [-0.05, 0) is 6.92 Å². The summed E-state index contributed by atoms with van der Waals surface area (Å²) in [6.07, 6.45) is 2.59. The van der Waals surface area contributed by atoms with Crippen LogP contribution in [0.2, 0.25) is 0 Å². The molecule has 45 valence electrons. The first-order chi connectivity index (χ1) is 3.91. The highest BCUT2D eigenvalue weighted by Gasteiger charge is 1.76. The van der Waals surface area contributed by atoms with Gasteiger partial charge in [0.05, 0.1) is 12.9 Å². The van der Waals surface area contributed by atoms with E-state index in [2.05, 4.69) is 4.65 Å². The molecule has 0 unspecified atom stereocenters. The molecule has 0 saturated carbocycles. The van der Waals surface area contributed by atoms with Gasteiger partial charge in [0, 0.05) is 0 Å². The van der Waals surface area contributed by atoms with Crippen LogP contribution in [0.5, 0.6) is 0 Å². The Morgan fingerprint density at radius 3 is 2.88 bits per heavy atom. The van der Waals surface area contributed by atoms with Gasteiger partial charge >= 0.3 is 7.69 Å². The molecule has 0 aliphatic rings. The first kappa shape index (κ1) is 7.36. The molecule has 0 amide bonds. The third-order valence-corrected chi connectivity index (χ3v) is 0.458. The molecule has 1 radical (unpaired) electrons. The molecule has 0 saturated heterocycles. The van der Waals surface area contributed by atoms with Crippen molar-refractivity contribution in [2.45, 2.75) is 6.92 Å². The molecule has 0 heterocycles. The van der Waals surface area contributed by atoms with Gasteiger partial charge in [0.2, 0.25) is 0 Å². The minimum absolute atomic E-state index is 0.579. The molecule has 0 spiro atoms. The van der Waals surface area contributed by atoms with Crippen LogP contribution in [0.4, 0.5) is 0 Å². The highest BCUT2D eigenvalue weighted by atomic mass is 16.5. The van der Waals surface area contributed by atoms with Crippen LogP contribution < -0.4 is 0 Å². The summed E-state index contributed by atoms with van der Waals surface area (Å²) >= 11 is 0. The van der Waals surface area contributed by atoms with Crippen LogP contribution in [0, 0.1) is 0 Å². The minimum atomic E-state index is 0.579. The van der Waals surface area contributed by atoms with E-state index in [1.54, 1.807) is 0 Å². The summed E-state index contributed by atoms with van der Waals surface area (Å²) < 4.78 is 8.96. The van der Waals surface area contributed by atoms with Crippen molar-refractivity contribution in [1.82, 2.24) is 0 Å². The molecule has 0 aromatic carbocycles. The van der Waals surface area contributed by atoms with Gasteiger partial charge < -0.3 is 14.4 Å². The molecule has 1 N–H and O–H groups in total. The lowest BCUT2D eigenvalue weighted by molar-refractivity contribution is 0.256. The largest absolute Gasteiger partial charge is 0.569 e. The molecular weight excluding hydrogens is 107 g/mol. The molecule has 0 bridgehead atoms. The average molecular weight is 115 g/mol. The molecule has 0 aromatic rings. The van der Waals surface area contributed by atoms with Gasteiger partial charge in [0.15, 0.2) is 0 Å². The van der Waals surface area contributed by atoms with Crippen molar-refractivity contribution in [3.63, 3.8) is 0 Å². The summed E-state index contributed by atoms with van der Waals surface area (Å²) in [5.41, 5.74) is 0. The van der Waals surface area contributed by atoms with Crippen LogP contribution >= 0.6 is 0 Å². The SMILES string of the molecule is CCOC=CO[B]O. The molecular formula is C4H8BO3. The average Bonchev–Trinajstić information content (AvgIpc) is 1.81. The van der Waals surface area contributed by atoms with Crippen LogP contribution in [0.1, 0.15) is 6.92 Å². The maximum Gasteiger partial charge on any atom is 0.569 e. The smallest absolute Gasteiger partial charge is 0.541 e. The number of rotatable bonds is 4. The Morgan fingerprint density at radius 1 is 1.62 bits per heavy atom. The maximum atomic E-state index is 7.91. The molecule has 0 aromatic heterocycles. The lowest BCUT2D eigenvalue weighted by Gasteiger charge is -1.91. The van der Waals surface area contributed by atoms with Gasteiger partial charge in [-0.15, -0.1) is 0 Å². The van der Waals surface area contributed by atoms with Gasteiger partial charge in [-0.25, -0.2) is 0 Å². The zero-order valence-electron chi connectivity index (χ0n) is 4.70. The quantitative estimate of drug-likeness (QED) is 0.415. The molecule has 0 aliphatic heterocycles. The second-order valence-electron chi connectivity index (χ2n) is 0.969. The van der Waals surface area contributed by atoms with E-state index < -0.39 is 0 Å². The summed E-state index contributed by atoms with van der Waals surface area (Å²) in [6, 6.07) is 0. The Kier molecular flexibility index (Phi) is 5.86. The first-order valence-electron chi connectivity index (χ1n) is 2.29. The van der Waals surface area contributed by atoms with E-state index in [1.807, 2.05) is 6.92 Å². The van der Waals surface area contributed by atoms with Crippen LogP contribution in [-0.2, 0) is 9.39 Å². The summed E-state index contributed by atoms with van der Waals surface area (Å²) in [7, 11) is 0.579. The molecule has 0 rings (SSSR count). The van der Waals surface area contributed by atoms with Crippen LogP contribution in [-0.4, -0.2) is 19.3 Å². The third-order valence-electron chi connectivity index (χ3n) is 0.458. The van der Waals surface area contributed by atoms with Crippen molar-refractivity contribution in [2.24, 2.45) is 0 Å². The van der Waals surface area contributed by atoms with Crippen molar-refractivity contribution >= 4 is 7.69 Å². The topological polar surface area (TPSA) is 38.7 Å². The molecule has 0 fully saturated rings. The third kappa shape index (κ3) is 5.36. The lowest BCUT2D eigenvalue weighted by Crippen LogP contribution is -1.88. The molecule has 0 atom stereocenters. The zero-order valence-corrected chi connectivity index (χ0v) is 4.70. The number of ether oxygens (including phenoxy) is 1. The van der Waals surface area contributed by atoms with E-state index >= 15 is 0 Å². The lowest BCUT2D eigenvalue weighted by atomic mass is 10.4. The molecule has 8 heavy (non-hydrogen) atoms. The van der Waals surface area contributed by atoms with Gasteiger partial charge in [-0.3, -0.25) is 0 Å². The Morgan fingerprint density at radius 2 is 2.38 bits per heavy atom. The van der Waals surface area contributed by atoms with Crippen molar-refractivity contribution in [3.8, 4) is 0 Å². The van der Waals surface area contributed by atoms with E-state index in [9.17, 15) is 0 Å². The van der Waals surface area contributed by atoms with Gasteiger partial charge in [0.25, 0.3) is 0 Å². The Bertz CT molecular complexity index is 56.3. The number of hydrogen-bond acceptors (Lipinski definition) is 3. The predicted molar refractivity (Wildman–Crippen MR) is 29.8 cm³/mol. The van der Waals surface area contributed by atoms with Crippen LogP contribution in [0.3, 0.4) is 0 Å². The second kappa shape index (κ2) is 6.36. The first-order valence-corrected chi connectivity index (χ1v) is 2.29. The summed E-state index contributed by atoms with van der Waals surface area (Å²) in [6.45, 7) is 2.46. The predicted octanol–water partition coefficient (Wildman–Crippen LogP) is 0.0372. The minimum Gasteiger partial charge on any atom is -0.541 e. The molecule has 3 nitrogen and oxygen atoms in total. The summed E-state index contributed by atoms with van der Waals surface area (Å²) in [5, 5.41) is 7.91. The van der Waals surface area contributed by atoms with Crippen LogP contribution in [0.25, 0.3) is 0 Å². The normalized spacial score (nSPS) is 9.25. The number of hydrogen-bond donors (Lipinski definition) is 1. The van der Waals surface area contributed by atoms with Gasteiger partial charge in [-0.2, -0.15) is 0 Å². The summed E-state index contributed by atoms with van der Waals surface area (Å²) in [5.74, 6) is 0. The standard InChI is InChI=1S/C4H8BO3/c1-2-7-3-4-8-5-6/h3-4,6H,2H2,1H3. The van der Waals surface area contributed by atoms with Crippen molar-refractivity contribution in [1.29, 1.82) is 0 Å². The highest BCUT2D eigenvalue weighted by Crippen LogP contribution is 1.75. The monoisotopic (exact) mass is 115 g/mol. The molecule has 0 aliphatic carbocycles. The van der Waals surface area contributed by atoms with E-state index in [-0.39, 0.29) is 0 Å². The van der Waals surface area contributed by atoms with Gasteiger partial charge in [0.1, 0.15) is 6.26 Å². The van der Waals surface area contributed by atoms with E-state index in [0.29, 0.717) is 14.3 Å². The Hall–Kier alpha value is -0.635. The Labute approximate surface area is 49.2 Å². The maximum absolute atomic E-state index is 7.91. The zero-order chi connectivity index (χ0) is 6.24. The van der Waals surface area contributed by atoms with Crippen molar-refractivity contribution in [3.05, 3.63) is 12.5 Å². The van der Waals surface area contributed by atoms with Crippen molar-refractivity contribution in [2.75, 3.05) is 6.61 Å². The van der Waals surface area contributed by atoms with E-state index in [1.165, 1.54) is 12.5 Å². The van der Waals surface area contributed by atoms with E-state index in [4.69, 9.17) is 9.76 Å². The van der Waals surface area contributed by atoms with Crippen molar-refractivity contribution < 1.29 is 14.4 Å². The highest BCUT2D eigenvalue weighted by molar-refractivity contribution is 6.16. The van der Waals surface area contributed by atoms with E-state index in [0.717, 1.165) is 0 Å². The summed E-state index contributed by atoms with van der Waals surface area (Å²) in [4.78, 5) is 0. The fourth-order valence-corrected chi connectivity index (χ4v) is 0.203. The van der Waals surface area contributed by atoms with Crippen LogP contribution in [0.15, 0.2) is 12.5 Å². The fourth-order valence-electron chi connectivity index (χ4n) is 0.203. The fraction of sp³-hybridized carbons (Fsp3) is 0.500. The Balaban J connectivity index is 2.83. The second-order valence-corrected chi connectivity index (χ2v) is 0.969. The molecule has 4 heteroatoms. The van der Waals surface area contributed by atoms with Gasteiger partial charge in [-0.1, -0.05) is 0 Å².